The quantitative estimate of drug-likeness (QED) is 0.866. The van der Waals surface area contributed by atoms with Crippen LogP contribution in [-0.2, 0) is 4.79 Å². The Kier molecular flexibility index (Phi) is 4.47. The van der Waals surface area contributed by atoms with Crippen LogP contribution in [0.3, 0.4) is 0 Å². The fourth-order valence-corrected chi connectivity index (χ4v) is 1.95. The zero-order valence-electron chi connectivity index (χ0n) is 11.7. The Morgan fingerprint density at radius 1 is 1.40 bits per heavy atom. The van der Waals surface area contributed by atoms with Gasteiger partial charge >= 0.3 is 0 Å². The number of aromatic nitrogens is 3. The molecule has 1 atom stereocenters. The van der Waals surface area contributed by atoms with E-state index >= 15 is 0 Å². The van der Waals surface area contributed by atoms with Gasteiger partial charge in [0, 0.05) is 0 Å². The van der Waals surface area contributed by atoms with E-state index in [1.54, 1.807) is 11.0 Å². The Labute approximate surface area is 118 Å². The van der Waals surface area contributed by atoms with Crippen molar-refractivity contribution >= 4 is 11.6 Å². The van der Waals surface area contributed by atoms with E-state index in [4.69, 9.17) is 5.73 Å². The second-order valence-electron chi connectivity index (χ2n) is 5.08. The van der Waals surface area contributed by atoms with Gasteiger partial charge in [-0.05, 0) is 24.5 Å². The number of carbonyl (C=O) groups excluding carboxylic acids is 1. The summed E-state index contributed by atoms with van der Waals surface area (Å²) in [6, 6.07) is 6.89. The van der Waals surface area contributed by atoms with Crippen molar-refractivity contribution in [2.75, 3.05) is 5.32 Å². The smallest absolute Gasteiger partial charge is 0.241 e. The van der Waals surface area contributed by atoms with Crippen LogP contribution in [0.2, 0.25) is 0 Å². The third-order valence-corrected chi connectivity index (χ3v) is 2.89. The summed E-state index contributed by atoms with van der Waals surface area (Å²) < 4.78 is 1.60. The molecule has 1 aromatic heterocycles. The molecule has 1 heterocycles. The van der Waals surface area contributed by atoms with Gasteiger partial charge in [-0.3, -0.25) is 4.79 Å². The summed E-state index contributed by atoms with van der Waals surface area (Å²) in [6.07, 6.45) is 3.68. The molecule has 0 bridgehead atoms. The van der Waals surface area contributed by atoms with Gasteiger partial charge in [0.15, 0.2) is 0 Å². The number of hydrogen-bond acceptors (Lipinski definition) is 4. The molecule has 20 heavy (non-hydrogen) atoms. The van der Waals surface area contributed by atoms with Crippen LogP contribution in [0, 0.1) is 5.92 Å². The van der Waals surface area contributed by atoms with Crippen LogP contribution < -0.4 is 11.1 Å². The van der Waals surface area contributed by atoms with Gasteiger partial charge in [0.2, 0.25) is 5.91 Å². The number of para-hydroxylation sites is 2. The van der Waals surface area contributed by atoms with Crippen molar-refractivity contribution in [1.29, 1.82) is 0 Å². The summed E-state index contributed by atoms with van der Waals surface area (Å²) in [7, 11) is 0. The number of carbonyl (C=O) groups is 1. The highest BCUT2D eigenvalue weighted by atomic mass is 16.2. The molecule has 0 radical (unpaired) electrons. The maximum atomic E-state index is 12.1. The standard InChI is InChI=1S/C14H19N5O/c1-10(2)7-11(15)14(20)18-12-5-3-4-6-13(12)19-9-16-8-17-19/h3-6,8-11H,7,15H2,1-2H3,(H,18,20). The Morgan fingerprint density at radius 3 is 2.80 bits per heavy atom. The lowest BCUT2D eigenvalue weighted by molar-refractivity contribution is -0.117. The van der Waals surface area contributed by atoms with Crippen LogP contribution in [0.4, 0.5) is 5.69 Å². The molecule has 1 amide bonds. The molecule has 2 rings (SSSR count). The number of benzene rings is 1. The largest absolute Gasteiger partial charge is 0.323 e. The van der Waals surface area contributed by atoms with E-state index in [0.717, 1.165) is 5.69 Å². The third-order valence-electron chi connectivity index (χ3n) is 2.89. The van der Waals surface area contributed by atoms with Gasteiger partial charge in [0.25, 0.3) is 0 Å². The average molecular weight is 273 g/mol. The highest BCUT2D eigenvalue weighted by molar-refractivity contribution is 5.96. The van der Waals surface area contributed by atoms with E-state index < -0.39 is 6.04 Å². The molecule has 0 saturated carbocycles. The first-order valence-electron chi connectivity index (χ1n) is 6.58. The second kappa shape index (κ2) is 6.29. The molecule has 3 N–H and O–H groups in total. The predicted molar refractivity (Wildman–Crippen MR) is 77.4 cm³/mol. The molecule has 6 nitrogen and oxygen atoms in total. The highest BCUT2D eigenvalue weighted by Gasteiger charge is 2.16. The zero-order valence-corrected chi connectivity index (χ0v) is 11.7. The normalized spacial score (nSPS) is 12.4. The monoisotopic (exact) mass is 273 g/mol. The minimum Gasteiger partial charge on any atom is -0.323 e. The van der Waals surface area contributed by atoms with Crippen LogP contribution >= 0.6 is 0 Å². The molecule has 0 saturated heterocycles. The lowest BCUT2D eigenvalue weighted by Crippen LogP contribution is -2.36. The molecule has 1 aromatic carbocycles. The molecule has 0 aliphatic heterocycles. The number of nitrogens with zero attached hydrogens (tertiary/aromatic N) is 3. The van der Waals surface area contributed by atoms with Gasteiger partial charge in [-0.1, -0.05) is 26.0 Å². The van der Waals surface area contributed by atoms with Gasteiger partial charge in [-0.15, -0.1) is 0 Å². The number of amides is 1. The third kappa shape index (κ3) is 3.42. The second-order valence-corrected chi connectivity index (χ2v) is 5.08. The maximum Gasteiger partial charge on any atom is 0.241 e. The minimum absolute atomic E-state index is 0.189. The fourth-order valence-electron chi connectivity index (χ4n) is 1.95. The molecule has 0 spiro atoms. The van der Waals surface area contributed by atoms with Crippen LogP contribution in [0.15, 0.2) is 36.9 Å². The minimum atomic E-state index is -0.515. The van der Waals surface area contributed by atoms with E-state index in [0.29, 0.717) is 18.0 Å². The van der Waals surface area contributed by atoms with Crippen molar-refractivity contribution in [3.63, 3.8) is 0 Å². The Hall–Kier alpha value is -2.21. The van der Waals surface area contributed by atoms with Crippen LogP contribution in [0.25, 0.3) is 5.69 Å². The molecule has 6 heteroatoms. The van der Waals surface area contributed by atoms with Gasteiger partial charge < -0.3 is 11.1 Å². The van der Waals surface area contributed by atoms with Crippen LogP contribution in [0.5, 0.6) is 0 Å². The summed E-state index contributed by atoms with van der Waals surface area (Å²) in [5, 5.41) is 6.92. The molecule has 0 fully saturated rings. The van der Waals surface area contributed by atoms with Gasteiger partial charge in [0.05, 0.1) is 17.4 Å². The zero-order chi connectivity index (χ0) is 14.5. The van der Waals surface area contributed by atoms with E-state index in [2.05, 4.69) is 15.4 Å². The van der Waals surface area contributed by atoms with Crippen molar-refractivity contribution in [3.05, 3.63) is 36.9 Å². The number of hydrogen-bond donors (Lipinski definition) is 2. The Balaban J connectivity index is 2.16. The average Bonchev–Trinajstić information content (AvgIpc) is 2.92. The van der Waals surface area contributed by atoms with E-state index in [1.807, 2.05) is 38.1 Å². The van der Waals surface area contributed by atoms with Crippen molar-refractivity contribution in [2.45, 2.75) is 26.3 Å². The predicted octanol–water partition coefficient (Wildman–Crippen LogP) is 1.58. The van der Waals surface area contributed by atoms with Gasteiger partial charge in [-0.25, -0.2) is 9.67 Å². The summed E-state index contributed by atoms with van der Waals surface area (Å²) in [4.78, 5) is 16.0. The summed E-state index contributed by atoms with van der Waals surface area (Å²) in [5.74, 6) is 0.188. The van der Waals surface area contributed by atoms with Gasteiger partial charge in [0.1, 0.15) is 12.7 Å². The number of nitrogens with one attached hydrogen (secondary N) is 1. The van der Waals surface area contributed by atoms with Gasteiger partial charge in [-0.2, -0.15) is 5.10 Å². The fraction of sp³-hybridized carbons (Fsp3) is 0.357. The maximum absolute atomic E-state index is 12.1. The first kappa shape index (κ1) is 14.2. The van der Waals surface area contributed by atoms with E-state index in [-0.39, 0.29) is 5.91 Å². The Morgan fingerprint density at radius 2 is 2.15 bits per heavy atom. The molecular formula is C14H19N5O. The van der Waals surface area contributed by atoms with Crippen molar-refractivity contribution in [3.8, 4) is 5.69 Å². The molecule has 0 aliphatic carbocycles. The lowest BCUT2D eigenvalue weighted by atomic mass is 10.0. The topological polar surface area (TPSA) is 85.8 Å². The van der Waals surface area contributed by atoms with E-state index in [1.165, 1.54) is 6.33 Å². The summed E-state index contributed by atoms with van der Waals surface area (Å²) >= 11 is 0. The molecule has 1 unspecified atom stereocenters. The molecule has 2 aromatic rings. The number of nitrogens with two attached hydrogens (primary N) is 1. The summed E-state index contributed by atoms with van der Waals surface area (Å²) in [6.45, 7) is 4.08. The molecule has 106 valence electrons. The highest BCUT2D eigenvalue weighted by Crippen LogP contribution is 2.19. The number of rotatable bonds is 5. The SMILES string of the molecule is CC(C)CC(N)C(=O)Nc1ccccc1-n1cncn1. The number of anilines is 1. The van der Waals surface area contributed by atoms with Crippen LogP contribution in [-0.4, -0.2) is 26.7 Å². The lowest BCUT2D eigenvalue weighted by Gasteiger charge is -2.16. The van der Waals surface area contributed by atoms with E-state index in [9.17, 15) is 4.79 Å². The Bertz CT molecular complexity index is 565. The van der Waals surface area contributed by atoms with Crippen molar-refractivity contribution in [1.82, 2.24) is 14.8 Å². The molecular weight excluding hydrogens is 254 g/mol. The van der Waals surface area contributed by atoms with Crippen molar-refractivity contribution < 1.29 is 4.79 Å². The summed E-state index contributed by atoms with van der Waals surface area (Å²) in [5.41, 5.74) is 7.32. The van der Waals surface area contributed by atoms with Crippen LogP contribution in [0.1, 0.15) is 20.3 Å². The van der Waals surface area contributed by atoms with Crippen molar-refractivity contribution in [2.24, 2.45) is 11.7 Å². The first-order valence-corrected chi connectivity index (χ1v) is 6.58. The first-order chi connectivity index (χ1) is 9.58. The molecule has 0 aliphatic rings.